The fourth-order valence-corrected chi connectivity index (χ4v) is 0.852. The summed E-state index contributed by atoms with van der Waals surface area (Å²) in [7, 11) is 0. The van der Waals surface area contributed by atoms with Crippen molar-refractivity contribution >= 4 is 23.4 Å². The van der Waals surface area contributed by atoms with Gasteiger partial charge in [-0.3, -0.25) is 4.79 Å². The average molecular weight is 221 g/mol. The highest BCUT2D eigenvalue weighted by Gasteiger charge is 2.23. The molecule has 0 radical (unpaired) electrons. The summed E-state index contributed by atoms with van der Waals surface area (Å²) in [5, 5.41) is 7.88. The number of ether oxygens (including phenoxy) is 1. The van der Waals surface area contributed by atoms with Gasteiger partial charge < -0.3 is 9.84 Å². The van der Waals surface area contributed by atoms with Crippen molar-refractivity contribution in [3.8, 4) is 0 Å². The van der Waals surface area contributed by atoms with E-state index in [9.17, 15) is 9.59 Å². The average Bonchev–Trinajstić information content (AvgIpc) is 2.16. The van der Waals surface area contributed by atoms with Gasteiger partial charge in [0.25, 0.3) is 0 Å². The maximum atomic E-state index is 11.4. The molecule has 0 aliphatic heterocycles. The molecule has 80 valence electrons. The van der Waals surface area contributed by atoms with Gasteiger partial charge in [0.05, 0.1) is 12.0 Å². The highest BCUT2D eigenvalue weighted by Crippen LogP contribution is 2.10. The second-order valence-corrected chi connectivity index (χ2v) is 3.06. The van der Waals surface area contributed by atoms with E-state index >= 15 is 0 Å². The van der Waals surface area contributed by atoms with Crippen molar-refractivity contribution in [2.75, 3.05) is 6.61 Å². The highest BCUT2D eigenvalue weighted by molar-refractivity contribution is 6.37. The first-order valence-corrected chi connectivity index (χ1v) is 4.71. The van der Waals surface area contributed by atoms with E-state index in [1.807, 2.05) is 0 Å². The minimum absolute atomic E-state index is 0.309. The van der Waals surface area contributed by atoms with Gasteiger partial charge in [-0.1, -0.05) is 6.92 Å². The van der Waals surface area contributed by atoms with Gasteiger partial charge in [0, 0.05) is 0 Å². The standard InChI is InChI=1S/C9H13ClO4/c1-3-7(10)8(11)6(9(12)13)5-14-4-2/h5,7H,3-4H2,1-2H3,(H,12,13). The zero-order valence-corrected chi connectivity index (χ0v) is 8.87. The Kier molecular flexibility index (Phi) is 5.95. The minimum atomic E-state index is -1.32. The van der Waals surface area contributed by atoms with E-state index in [1.54, 1.807) is 13.8 Å². The lowest BCUT2D eigenvalue weighted by atomic mass is 10.1. The van der Waals surface area contributed by atoms with E-state index < -0.39 is 22.7 Å². The zero-order valence-electron chi connectivity index (χ0n) is 8.12. The van der Waals surface area contributed by atoms with Gasteiger partial charge in [-0.15, -0.1) is 11.6 Å². The van der Waals surface area contributed by atoms with Crippen LogP contribution in [0.2, 0.25) is 0 Å². The highest BCUT2D eigenvalue weighted by atomic mass is 35.5. The molecule has 5 heteroatoms. The third-order valence-electron chi connectivity index (χ3n) is 1.51. The Balaban J connectivity index is 4.66. The summed E-state index contributed by atoms with van der Waals surface area (Å²) < 4.78 is 4.75. The molecule has 0 saturated carbocycles. The van der Waals surface area contributed by atoms with Crippen LogP contribution in [0.4, 0.5) is 0 Å². The molecule has 0 aliphatic carbocycles. The van der Waals surface area contributed by atoms with Crippen LogP contribution in [0.3, 0.4) is 0 Å². The van der Waals surface area contributed by atoms with E-state index in [2.05, 4.69) is 0 Å². The molecule has 0 aliphatic rings. The molecule has 0 rings (SSSR count). The number of carbonyl (C=O) groups is 2. The number of alkyl halides is 1. The van der Waals surface area contributed by atoms with E-state index in [0.29, 0.717) is 13.0 Å². The molecule has 0 aromatic rings. The Morgan fingerprint density at radius 2 is 2.07 bits per heavy atom. The summed E-state index contributed by atoms with van der Waals surface area (Å²) in [6.45, 7) is 3.71. The number of Topliss-reactive ketones (excluding diaryl/α,β-unsaturated/α-hetero) is 1. The first-order valence-electron chi connectivity index (χ1n) is 4.27. The molecule has 0 aromatic heterocycles. The first-order chi connectivity index (χ1) is 6.54. The Labute approximate surface area is 87.5 Å². The van der Waals surface area contributed by atoms with Gasteiger partial charge >= 0.3 is 5.97 Å². The number of rotatable bonds is 6. The van der Waals surface area contributed by atoms with Gasteiger partial charge in [-0.2, -0.15) is 0 Å². The van der Waals surface area contributed by atoms with Crippen molar-refractivity contribution in [3.63, 3.8) is 0 Å². The SMILES string of the molecule is CCOC=C(C(=O)O)C(=O)C(Cl)CC. The van der Waals surface area contributed by atoms with Crippen LogP contribution in [0.15, 0.2) is 11.8 Å². The number of carboxylic acid groups (broad SMARTS) is 1. The number of halogens is 1. The van der Waals surface area contributed by atoms with Crippen molar-refractivity contribution < 1.29 is 19.4 Å². The summed E-state index contributed by atoms with van der Waals surface area (Å²) in [5.41, 5.74) is -0.409. The Hall–Kier alpha value is -1.03. The predicted molar refractivity (Wildman–Crippen MR) is 52.3 cm³/mol. The topological polar surface area (TPSA) is 63.6 Å². The lowest BCUT2D eigenvalue weighted by Gasteiger charge is -2.05. The number of ketones is 1. The van der Waals surface area contributed by atoms with E-state index in [1.165, 1.54) is 0 Å². The Bertz CT molecular complexity index is 247. The third-order valence-corrected chi connectivity index (χ3v) is 2.01. The molecule has 0 spiro atoms. The largest absolute Gasteiger partial charge is 0.500 e. The minimum Gasteiger partial charge on any atom is -0.500 e. The molecule has 0 heterocycles. The van der Waals surface area contributed by atoms with Crippen molar-refractivity contribution in [2.45, 2.75) is 25.6 Å². The van der Waals surface area contributed by atoms with E-state index in [0.717, 1.165) is 6.26 Å². The van der Waals surface area contributed by atoms with E-state index in [4.69, 9.17) is 21.4 Å². The maximum Gasteiger partial charge on any atom is 0.342 e. The predicted octanol–water partition coefficient (Wildman–Crippen LogP) is 1.58. The van der Waals surface area contributed by atoms with Crippen LogP contribution in [-0.4, -0.2) is 28.8 Å². The normalized spacial score (nSPS) is 13.5. The van der Waals surface area contributed by atoms with Gasteiger partial charge in [-0.25, -0.2) is 4.79 Å². The van der Waals surface area contributed by atoms with Crippen molar-refractivity contribution in [2.24, 2.45) is 0 Å². The van der Waals surface area contributed by atoms with E-state index in [-0.39, 0.29) is 0 Å². The maximum absolute atomic E-state index is 11.4. The summed E-state index contributed by atoms with van der Waals surface area (Å²) in [5.74, 6) is -1.93. The van der Waals surface area contributed by atoms with Crippen LogP contribution in [0, 0.1) is 0 Å². The fraction of sp³-hybridized carbons (Fsp3) is 0.556. The van der Waals surface area contributed by atoms with Gasteiger partial charge in [0.1, 0.15) is 11.8 Å². The molecule has 1 unspecified atom stereocenters. The van der Waals surface area contributed by atoms with Crippen molar-refractivity contribution in [1.82, 2.24) is 0 Å². The molecular weight excluding hydrogens is 208 g/mol. The number of carbonyl (C=O) groups excluding carboxylic acids is 1. The molecule has 1 N–H and O–H groups in total. The molecule has 0 amide bonds. The van der Waals surface area contributed by atoms with Crippen LogP contribution >= 0.6 is 11.6 Å². The van der Waals surface area contributed by atoms with Crippen LogP contribution in [0.1, 0.15) is 20.3 Å². The van der Waals surface area contributed by atoms with Gasteiger partial charge in [-0.05, 0) is 13.3 Å². The molecule has 0 fully saturated rings. The smallest absolute Gasteiger partial charge is 0.342 e. The van der Waals surface area contributed by atoms with Crippen LogP contribution in [0.5, 0.6) is 0 Å². The monoisotopic (exact) mass is 220 g/mol. The quantitative estimate of drug-likeness (QED) is 0.243. The fourth-order valence-electron chi connectivity index (χ4n) is 0.735. The van der Waals surface area contributed by atoms with Gasteiger partial charge in [0.2, 0.25) is 0 Å². The molecule has 0 bridgehead atoms. The summed E-state index contributed by atoms with van der Waals surface area (Å²) >= 11 is 5.62. The Morgan fingerprint density at radius 1 is 1.50 bits per heavy atom. The summed E-state index contributed by atoms with van der Waals surface area (Å²) in [6.07, 6.45) is 1.33. The lowest BCUT2D eigenvalue weighted by molar-refractivity contribution is -0.134. The lowest BCUT2D eigenvalue weighted by Crippen LogP contribution is -2.21. The Morgan fingerprint density at radius 3 is 2.43 bits per heavy atom. The molecule has 14 heavy (non-hydrogen) atoms. The molecule has 4 nitrogen and oxygen atoms in total. The van der Waals surface area contributed by atoms with Crippen molar-refractivity contribution in [1.29, 1.82) is 0 Å². The molecule has 1 atom stereocenters. The van der Waals surface area contributed by atoms with Crippen LogP contribution in [0.25, 0.3) is 0 Å². The van der Waals surface area contributed by atoms with Crippen LogP contribution < -0.4 is 0 Å². The second-order valence-electron chi connectivity index (χ2n) is 2.53. The second kappa shape index (κ2) is 6.43. The number of hydrogen-bond acceptors (Lipinski definition) is 3. The molecular formula is C9H13ClO4. The number of carboxylic acids is 1. The van der Waals surface area contributed by atoms with Crippen LogP contribution in [-0.2, 0) is 14.3 Å². The summed E-state index contributed by atoms with van der Waals surface area (Å²) in [4.78, 5) is 22.0. The number of aliphatic carboxylic acids is 1. The van der Waals surface area contributed by atoms with Gasteiger partial charge in [0.15, 0.2) is 5.78 Å². The third kappa shape index (κ3) is 3.79. The molecule has 0 saturated heterocycles. The molecule has 0 aromatic carbocycles. The first kappa shape index (κ1) is 13.0. The zero-order chi connectivity index (χ0) is 11.1. The van der Waals surface area contributed by atoms with Crippen molar-refractivity contribution in [3.05, 3.63) is 11.8 Å². The summed E-state index contributed by atoms with van der Waals surface area (Å²) in [6, 6.07) is 0. The number of hydrogen-bond donors (Lipinski definition) is 1.